The summed E-state index contributed by atoms with van der Waals surface area (Å²) in [6.45, 7) is 2.12. The Morgan fingerprint density at radius 1 is 1.53 bits per heavy atom. The first-order valence-corrected chi connectivity index (χ1v) is 6.04. The lowest BCUT2D eigenvalue weighted by Gasteiger charge is -2.39. The molecular formula is C11H13BrO3. The average Bonchev–Trinajstić information content (AvgIpc) is 2.19. The lowest BCUT2D eigenvalue weighted by molar-refractivity contribution is -0.128. The van der Waals surface area contributed by atoms with Crippen molar-refractivity contribution in [1.82, 2.24) is 0 Å². The number of alkyl halides is 1. The molecule has 0 aromatic rings. The summed E-state index contributed by atoms with van der Waals surface area (Å²) in [6, 6.07) is 0. The van der Waals surface area contributed by atoms with Crippen molar-refractivity contribution in [2.75, 3.05) is 0 Å². The van der Waals surface area contributed by atoms with E-state index in [2.05, 4.69) is 22.9 Å². The molecule has 0 aromatic carbocycles. The Morgan fingerprint density at radius 2 is 2.27 bits per heavy atom. The highest BCUT2D eigenvalue weighted by atomic mass is 79.9. The third-order valence-electron chi connectivity index (χ3n) is 3.14. The van der Waals surface area contributed by atoms with Gasteiger partial charge in [0.05, 0.1) is 22.6 Å². The Labute approximate surface area is 97.0 Å². The predicted molar refractivity (Wildman–Crippen MR) is 58.6 cm³/mol. The molecule has 4 unspecified atom stereocenters. The van der Waals surface area contributed by atoms with Crippen LogP contribution >= 0.6 is 15.9 Å². The van der Waals surface area contributed by atoms with Crippen LogP contribution in [-0.4, -0.2) is 23.0 Å². The minimum Gasteiger partial charge on any atom is -0.495 e. The van der Waals surface area contributed by atoms with E-state index >= 15 is 0 Å². The molecule has 3 nitrogen and oxygen atoms in total. The van der Waals surface area contributed by atoms with Gasteiger partial charge in [-0.3, -0.25) is 9.59 Å². The van der Waals surface area contributed by atoms with Gasteiger partial charge in [0.15, 0.2) is 12.1 Å². The molecule has 4 atom stereocenters. The number of aldehydes is 1. The SMILES string of the molecule is CC1CC(Br)C2OC=C(C=O)C(=O)C2C1. The summed E-state index contributed by atoms with van der Waals surface area (Å²) in [5.41, 5.74) is 0.171. The van der Waals surface area contributed by atoms with Gasteiger partial charge in [-0.2, -0.15) is 0 Å². The molecule has 1 heterocycles. The summed E-state index contributed by atoms with van der Waals surface area (Å²) in [7, 11) is 0. The molecule has 0 radical (unpaired) electrons. The molecule has 1 fully saturated rings. The molecule has 0 spiro atoms. The lowest BCUT2D eigenvalue weighted by Crippen LogP contribution is -2.45. The maximum Gasteiger partial charge on any atom is 0.176 e. The zero-order chi connectivity index (χ0) is 11.0. The van der Waals surface area contributed by atoms with E-state index in [1.807, 2.05) is 0 Å². The summed E-state index contributed by atoms with van der Waals surface area (Å²) >= 11 is 3.54. The molecule has 0 aromatic heterocycles. The molecule has 15 heavy (non-hydrogen) atoms. The maximum atomic E-state index is 11.9. The number of ether oxygens (including phenoxy) is 1. The van der Waals surface area contributed by atoms with Crippen LogP contribution in [-0.2, 0) is 14.3 Å². The van der Waals surface area contributed by atoms with Gasteiger partial charge in [-0.1, -0.05) is 22.9 Å². The van der Waals surface area contributed by atoms with Crippen molar-refractivity contribution in [2.45, 2.75) is 30.7 Å². The number of carbonyl (C=O) groups is 2. The number of ketones is 1. The van der Waals surface area contributed by atoms with E-state index in [1.165, 1.54) is 6.26 Å². The number of hydrogen-bond donors (Lipinski definition) is 0. The fourth-order valence-electron chi connectivity index (χ4n) is 2.38. The van der Waals surface area contributed by atoms with Crippen molar-refractivity contribution in [3.8, 4) is 0 Å². The fraction of sp³-hybridized carbons (Fsp3) is 0.636. The molecular weight excluding hydrogens is 260 g/mol. The minimum atomic E-state index is -0.150. The number of hydrogen-bond acceptors (Lipinski definition) is 3. The first kappa shape index (κ1) is 10.9. The molecule has 0 N–H and O–H groups in total. The monoisotopic (exact) mass is 272 g/mol. The smallest absolute Gasteiger partial charge is 0.176 e. The van der Waals surface area contributed by atoms with Crippen LogP contribution in [0.5, 0.6) is 0 Å². The van der Waals surface area contributed by atoms with Crippen LogP contribution in [0.25, 0.3) is 0 Å². The molecule has 1 aliphatic carbocycles. The Morgan fingerprint density at radius 3 is 2.93 bits per heavy atom. The van der Waals surface area contributed by atoms with E-state index in [-0.39, 0.29) is 28.2 Å². The van der Waals surface area contributed by atoms with Crippen LogP contribution in [0.2, 0.25) is 0 Å². The average molecular weight is 273 g/mol. The first-order chi connectivity index (χ1) is 7.13. The van der Waals surface area contributed by atoms with E-state index in [1.54, 1.807) is 0 Å². The van der Waals surface area contributed by atoms with Crippen LogP contribution in [0.1, 0.15) is 19.8 Å². The molecule has 2 aliphatic rings. The Hall–Kier alpha value is -0.640. The standard InChI is InChI=1S/C11H13BrO3/c1-6-2-8-10(14)7(4-13)5-15-11(8)9(12)3-6/h4-6,8-9,11H,2-3H2,1H3. The lowest BCUT2D eigenvalue weighted by atomic mass is 9.76. The Balaban J connectivity index is 2.25. The van der Waals surface area contributed by atoms with Gasteiger partial charge in [-0.25, -0.2) is 0 Å². The fourth-order valence-corrected chi connectivity index (χ4v) is 3.51. The van der Waals surface area contributed by atoms with Gasteiger partial charge >= 0.3 is 0 Å². The topological polar surface area (TPSA) is 43.4 Å². The molecule has 4 heteroatoms. The largest absolute Gasteiger partial charge is 0.495 e. The van der Waals surface area contributed by atoms with Crippen molar-refractivity contribution in [3.63, 3.8) is 0 Å². The minimum absolute atomic E-state index is 0.0581. The molecule has 82 valence electrons. The van der Waals surface area contributed by atoms with Crippen LogP contribution < -0.4 is 0 Å². The van der Waals surface area contributed by atoms with Gasteiger partial charge < -0.3 is 4.74 Å². The van der Waals surface area contributed by atoms with Crippen molar-refractivity contribution in [3.05, 3.63) is 11.8 Å². The van der Waals surface area contributed by atoms with Crippen molar-refractivity contribution < 1.29 is 14.3 Å². The number of rotatable bonds is 1. The van der Waals surface area contributed by atoms with Gasteiger partial charge in [0.25, 0.3) is 0 Å². The van der Waals surface area contributed by atoms with E-state index in [4.69, 9.17) is 4.74 Å². The summed E-state index contributed by atoms with van der Waals surface area (Å²) in [4.78, 5) is 22.7. The molecule has 0 saturated heterocycles. The first-order valence-electron chi connectivity index (χ1n) is 5.12. The number of allylic oxidation sites excluding steroid dienone is 1. The summed E-state index contributed by atoms with van der Waals surface area (Å²) in [6.07, 6.45) is 3.62. The summed E-state index contributed by atoms with van der Waals surface area (Å²) in [5.74, 6) is 0.287. The van der Waals surface area contributed by atoms with Crippen molar-refractivity contribution in [2.24, 2.45) is 11.8 Å². The van der Waals surface area contributed by atoms with Gasteiger partial charge in [-0.05, 0) is 18.8 Å². The molecule has 0 amide bonds. The second-order valence-corrected chi connectivity index (χ2v) is 5.53. The zero-order valence-corrected chi connectivity index (χ0v) is 10.1. The highest BCUT2D eigenvalue weighted by molar-refractivity contribution is 9.09. The van der Waals surface area contributed by atoms with Gasteiger partial charge in [0.2, 0.25) is 0 Å². The number of carbonyl (C=O) groups excluding carboxylic acids is 2. The zero-order valence-electron chi connectivity index (χ0n) is 8.48. The Bertz CT molecular complexity index is 324. The van der Waals surface area contributed by atoms with Crippen LogP contribution in [0.4, 0.5) is 0 Å². The molecule has 0 bridgehead atoms. The second-order valence-electron chi connectivity index (χ2n) is 4.36. The van der Waals surface area contributed by atoms with Gasteiger partial charge in [0, 0.05) is 0 Å². The van der Waals surface area contributed by atoms with E-state index < -0.39 is 0 Å². The number of fused-ring (bicyclic) bond motifs is 1. The van der Waals surface area contributed by atoms with E-state index in [0.717, 1.165) is 12.8 Å². The van der Waals surface area contributed by atoms with Crippen LogP contribution in [0.15, 0.2) is 11.8 Å². The molecule has 1 saturated carbocycles. The third kappa shape index (κ3) is 1.87. The van der Waals surface area contributed by atoms with Crippen LogP contribution in [0, 0.1) is 11.8 Å². The van der Waals surface area contributed by atoms with Gasteiger partial charge in [0.1, 0.15) is 6.10 Å². The normalized spacial score (nSPS) is 40.1. The summed E-state index contributed by atoms with van der Waals surface area (Å²) < 4.78 is 5.46. The Kier molecular flexibility index (Phi) is 2.96. The van der Waals surface area contributed by atoms with Gasteiger partial charge in [-0.15, -0.1) is 0 Å². The summed E-state index contributed by atoms with van der Waals surface area (Å²) in [5, 5.41) is 0. The van der Waals surface area contributed by atoms with E-state index in [0.29, 0.717) is 12.2 Å². The predicted octanol–water partition coefficient (Wildman–Crippen LogP) is 1.85. The number of Topliss-reactive ketones (excluding diaryl/α,β-unsaturated/α-hetero) is 1. The number of halogens is 1. The van der Waals surface area contributed by atoms with Crippen LogP contribution in [0.3, 0.4) is 0 Å². The molecule has 1 aliphatic heterocycles. The highest BCUT2D eigenvalue weighted by Gasteiger charge is 2.43. The third-order valence-corrected chi connectivity index (χ3v) is 4.03. The molecule has 2 rings (SSSR count). The maximum absolute atomic E-state index is 11.9. The quantitative estimate of drug-likeness (QED) is 0.416. The van der Waals surface area contributed by atoms with Crippen molar-refractivity contribution in [1.29, 1.82) is 0 Å². The second kappa shape index (κ2) is 4.08. The van der Waals surface area contributed by atoms with Crippen molar-refractivity contribution >= 4 is 28.0 Å². The van der Waals surface area contributed by atoms with E-state index in [9.17, 15) is 9.59 Å². The highest BCUT2D eigenvalue weighted by Crippen LogP contribution is 2.38.